The van der Waals surface area contributed by atoms with Crippen molar-refractivity contribution in [1.82, 2.24) is 29.6 Å². The highest BCUT2D eigenvalue weighted by Gasteiger charge is 2.34. The third kappa shape index (κ3) is 10.5. The molecule has 0 N–H and O–H groups in total. The Labute approximate surface area is 445 Å². The lowest BCUT2D eigenvalue weighted by Gasteiger charge is -2.29. The van der Waals surface area contributed by atoms with Crippen LogP contribution in [0.4, 0.5) is 0 Å². The summed E-state index contributed by atoms with van der Waals surface area (Å²) in [4.78, 5) is 46.8. The molecule has 0 aliphatic carbocycles. The van der Waals surface area contributed by atoms with Gasteiger partial charge in [0.1, 0.15) is 5.15 Å². The van der Waals surface area contributed by atoms with Crippen LogP contribution in [0, 0.1) is 0 Å². The van der Waals surface area contributed by atoms with Gasteiger partial charge in [-0.2, -0.15) is 0 Å². The van der Waals surface area contributed by atoms with Gasteiger partial charge in [-0.3, -0.25) is 9.59 Å². The number of aromatic nitrogens is 2. The molecule has 6 aliphatic heterocycles. The van der Waals surface area contributed by atoms with Crippen LogP contribution in [-0.2, 0) is 5.75 Å². The van der Waals surface area contributed by atoms with Gasteiger partial charge in [0, 0.05) is 59.8 Å². The van der Waals surface area contributed by atoms with Crippen molar-refractivity contribution in [1.29, 1.82) is 0 Å². The van der Waals surface area contributed by atoms with E-state index < -0.39 is 0 Å². The number of carbonyl (C=O) groups excluding carboxylic acids is 2. The van der Waals surface area contributed by atoms with Crippen LogP contribution in [0.5, 0.6) is 23.0 Å². The van der Waals surface area contributed by atoms with Gasteiger partial charge in [-0.25, -0.2) is 9.97 Å². The number of fused-ring (bicyclic) bond motifs is 4. The van der Waals surface area contributed by atoms with Crippen molar-refractivity contribution in [3.8, 4) is 45.3 Å². The summed E-state index contributed by atoms with van der Waals surface area (Å²) >= 11 is 14.1. The maximum absolute atomic E-state index is 14.3. The maximum atomic E-state index is 14.3. The second kappa shape index (κ2) is 21.6. The van der Waals surface area contributed by atoms with Crippen molar-refractivity contribution in [2.45, 2.75) is 74.2 Å². The fraction of sp³-hybridized carbons (Fsp3) is 0.356. The van der Waals surface area contributed by atoms with E-state index in [-0.39, 0.29) is 37.5 Å². The molecule has 12 nitrogen and oxygen atoms in total. The van der Waals surface area contributed by atoms with Crippen LogP contribution in [0.15, 0.2) is 114 Å². The number of carbonyl (C=O) groups is 2. The average molecular weight is 1050 g/mol. The zero-order valence-corrected chi connectivity index (χ0v) is 43.6. The summed E-state index contributed by atoms with van der Waals surface area (Å²) in [6, 6.07) is 36.2. The standard InChI is InChI=1S/C33H32ClN3O3S.C26H26ClN3O3/c34-25-9-5-22(6-10-25)20-41-32-18-28(33(38)37-15-3-4-26(37)19-36-13-1-2-14-36)27-16-23(7-11-29(27)35-32)24-8-12-30-31(17-24)40-21-39-30;27-25-14-21(26(31)30-11-3-4-19(30)15-29-9-1-2-10-29)20-12-17(5-7-22(20)28-25)18-6-8-23-24(13-18)33-16-32-23/h5-12,16-18,26H,1-4,13-15,19-21H2;5-8,12-14,19H,1-4,9-11,15-16H2/t26-;19-/m00/s1. The van der Waals surface area contributed by atoms with Gasteiger partial charge >= 0.3 is 0 Å². The lowest BCUT2D eigenvalue weighted by Crippen LogP contribution is -2.42. The number of ether oxygens (including phenoxy) is 4. The highest BCUT2D eigenvalue weighted by atomic mass is 35.5. The first-order chi connectivity index (χ1) is 36.3. The number of nitrogens with zero attached hydrogens (tertiary/aromatic N) is 6. The molecule has 4 saturated heterocycles. The van der Waals surface area contributed by atoms with Gasteiger partial charge in [0.25, 0.3) is 11.8 Å². The van der Waals surface area contributed by atoms with Crippen molar-refractivity contribution >= 4 is 68.6 Å². The first kappa shape index (κ1) is 48.8. The predicted octanol–water partition coefficient (Wildman–Crippen LogP) is 12.3. The molecule has 2 amide bonds. The fourth-order valence-corrected chi connectivity index (χ4v) is 12.7. The van der Waals surface area contributed by atoms with Crippen LogP contribution >= 0.6 is 35.0 Å². The molecule has 5 aromatic carbocycles. The summed E-state index contributed by atoms with van der Waals surface area (Å²) in [5.74, 6) is 3.89. The van der Waals surface area contributed by atoms with E-state index in [0.29, 0.717) is 10.7 Å². The Bertz CT molecular complexity index is 3240. The van der Waals surface area contributed by atoms with Gasteiger partial charge in [0.05, 0.1) is 27.2 Å². The molecule has 2 aromatic heterocycles. The molecule has 0 spiro atoms. The molecule has 4 fully saturated rings. The van der Waals surface area contributed by atoms with E-state index in [0.717, 1.165) is 172 Å². The van der Waals surface area contributed by atoms with Crippen molar-refractivity contribution in [3.05, 3.63) is 136 Å². The smallest absolute Gasteiger partial charge is 0.254 e. The summed E-state index contributed by atoms with van der Waals surface area (Å²) in [7, 11) is 0. The minimum atomic E-state index is 0.0498. The number of likely N-dealkylation sites (tertiary alicyclic amines) is 4. The Morgan fingerprint density at radius 3 is 1.53 bits per heavy atom. The minimum Gasteiger partial charge on any atom is -0.454 e. The summed E-state index contributed by atoms with van der Waals surface area (Å²) in [5.41, 5.74) is 8.10. The SMILES string of the molecule is O=C(c1cc(Cl)nc2ccc(-c3ccc4c(c3)OCO4)cc12)N1CCC[C@H]1CN1CCCC1.O=C(c1cc(SCc2ccc(Cl)cc2)nc2ccc(-c3ccc4c(c3)OCO4)cc12)N1CCC[C@H]1CN1CCCC1. The second-order valence-corrected chi connectivity index (χ2v) is 21.9. The molecule has 6 aliphatic rings. The molecule has 0 unspecified atom stereocenters. The lowest BCUT2D eigenvalue weighted by atomic mass is 10.00. The summed E-state index contributed by atoms with van der Waals surface area (Å²) in [5, 5.41) is 3.63. The normalized spacial score (nSPS) is 19.2. The summed E-state index contributed by atoms with van der Waals surface area (Å²) in [6.45, 7) is 8.57. The Hall–Kier alpha value is -6.09. The van der Waals surface area contributed by atoms with Crippen LogP contribution in [0.3, 0.4) is 0 Å². The third-order valence-electron chi connectivity index (χ3n) is 15.3. The van der Waals surface area contributed by atoms with E-state index in [4.69, 9.17) is 47.1 Å². The summed E-state index contributed by atoms with van der Waals surface area (Å²) in [6.07, 6.45) is 9.24. The van der Waals surface area contributed by atoms with E-state index in [1.54, 1.807) is 17.8 Å². The predicted molar refractivity (Wildman–Crippen MR) is 292 cm³/mol. The fourth-order valence-electron chi connectivity index (χ4n) is 11.5. The molecule has 7 aromatic rings. The quantitative estimate of drug-likeness (QED) is 0.0912. The van der Waals surface area contributed by atoms with Gasteiger partial charge in [0.15, 0.2) is 23.0 Å². The highest BCUT2D eigenvalue weighted by Crippen LogP contribution is 2.40. The number of pyridine rings is 2. The molecule has 380 valence electrons. The number of thioether (sulfide) groups is 1. The number of benzene rings is 5. The van der Waals surface area contributed by atoms with Crippen LogP contribution in [-0.4, -0.2) is 119 Å². The van der Waals surface area contributed by atoms with Gasteiger partial charge in [-0.1, -0.05) is 59.6 Å². The zero-order chi connectivity index (χ0) is 50.1. The average Bonchev–Trinajstić information content (AvgIpc) is 4.30. The number of hydrogen-bond donors (Lipinski definition) is 0. The van der Waals surface area contributed by atoms with E-state index in [1.165, 1.54) is 25.7 Å². The van der Waals surface area contributed by atoms with Crippen LogP contribution in [0.1, 0.15) is 77.6 Å². The number of rotatable bonds is 11. The summed E-state index contributed by atoms with van der Waals surface area (Å²) < 4.78 is 22.1. The molecule has 74 heavy (non-hydrogen) atoms. The first-order valence-corrected chi connectivity index (χ1v) is 27.8. The Balaban J connectivity index is 0.000000154. The van der Waals surface area contributed by atoms with Gasteiger partial charge < -0.3 is 38.5 Å². The molecular formula is C59H58Cl2N6O6S. The van der Waals surface area contributed by atoms with Gasteiger partial charge in [0.2, 0.25) is 13.6 Å². The van der Waals surface area contributed by atoms with Gasteiger partial charge in [-0.05, 0) is 178 Å². The minimum absolute atomic E-state index is 0.0498. The van der Waals surface area contributed by atoms with Crippen LogP contribution < -0.4 is 18.9 Å². The van der Waals surface area contributed by atoms with E-state index in [1.807, 2.05) is 91.0 Å². The Morgan fingerprint density at radius 1 is 0.514 bits per heavy atom. The van der Waals surface area contributed by atoms with E-state index >= 15 is 0 Å². The van der Waals surface area contributed by atoms with Crippen LogP contribution in [0.2, 0.25) is 10.2 Å². The molecule has 2 atom stereocenters. The second-order valence-electron chi connectivity index (χ2n) is 20.1. The van der Waals surface area contributed by atoms with Gasteiger partial charge in [-0.15, -0.1) is 11.8 Å². The number of amides is 2. The Kier molecular flexibility index (Phi) is 14.3. The number of hydrogen-bond acceptors (Lipinski definition) is 11. The Morgan fingerprint density at radius 2 is 0.986 bits per heavy atom. The molecular weight excluding hydrogens is 992 g/mol. The molecule has 13 rings (SSSR count). The van der Waals surface area contributed by atoms with Crippen LogP contribution in [0.25, 0.3) is 44.1 Å². The molecule has 0 bridgehead atoms. The van der Waals surface area contributed by atoms with Crippen molar-refractivity contribution in [2.24, 2.45) is 0 Å². The highest BCUT2D eigenvalue weighted by molar-refractivity contribution is 7.98. The maximum Gasteiger partial charge on any atom is 0.254 e. The van der Waals surface area contributed by atoms with E-state index in [9.17, 15) is 9.59 Å². The molecule has 15 heteroatoms. The van der Waals surface area contributed by atoms with Crippen molar-refractivity contribution in [3.63, 3.8) is 0 Å². The van der Waals surface area contributed by atoms with Crippen molar-refractivity contribution < 1.29 is 28.5 Å². The molecule has 0 saturated carbocycles. The molecule has 0 radical (unpaired) electrons. The van der Waals surface area contributed by atoms with Crippen molar-refractivity contribution in [2.75, 3.05) is 65.9 Å². The zero-order valence-electron chi connectivity index (χ0n) is 41.3. The first-order valence-electron chi connectivity index (χ1n) is 26.1. The largest absolute Gasteiger partial charge is 0.454 e. The third-order valence-corrected chi connectivity index (χ3v) is 16.8. The monoisotopic (exact) mass is 1050 g/mol. The lowest BCUT2D eigenvalue weighted by molar-refractivity contribution is 0.0702. The van der Waals surface area contributed by atoms with E-state index in [2.05, 4.69) is 36.7 Å². The number of halogens is 2. The molecule has 8 heterocycles. The topological polar surface area (TPSA) is 110 Å².